The second-order valence-corrected chi connectivity index (χ2v) is 6.63. The van der Waals surface area contributed by atoms with Gasteiger partial charge in [-0.05, 0) is 20.3 Å². The van der Waals surface area contributed by atoms with Crippen molar-refractivity contribution in [3.8, 4) is 0 Å². The van der Waals surface area contributed by atoms with Gasteiger partial charge in [-0.15, -0.1) is 11.6 Å². The van der Waals surface area contributed by atoms with Crippen LogP contribution in [0.1, 0.15) is 20.3 Å². The monoisotopic (exact) mass is 286 g/mol. The van der Waals surface area contributed by atoms with Crippen molar-refractivity contribution in [2.24, 2.45) is 0 Å². The Bertz CT molecular complexity index is 296. The second kappa shape index (κ2) is 8.26. The van der Waals surface area contributed by atoms with Crippen molar-refractivity contribution in [1.29, 1.82) is 0 Å². The molecule has 0 unspecified atom stereocenters. The van der Waals surface area contributed by atoms with Gasteiger partial charge >= 0.3 is 0 Å². The lowest BCUT2D eigenvalue weighted by atomic mass is 10.5. The molecule has 0 heterocycles. The summed E-state index contributed by atoms with van der Waals surface area (Å²) in [6.07, 6.45) is 0.758. The first-order chi connectivity index (χ1) is 7.82. The number of rotatable bonds is 9. The van der Waals surface area contributed by atoms with Crippen molar-refractivity contribution >= 4 is 21.8 Å². The maximum Gasteiger partial charge on any atom is 0.281 e. The van der Waals surface area contributed by atoms with Crippen LogP contribution in [0.5, 0.6) is 0 Å². The molecule has 0 aromatic heterocycles. The Morgan fingerprint density at radius 2 is 1.71 bits per heavy atom. The Hall–Kier alpha value is 0.120. The van der Waals surface area contributed by atoms with Crippen LogP contribution in [0.2, 0.25) is 0 Å². The van der Waals surface area contributed by atoms with Gasteiger partial charge in [0, 0.05) is 33.1 Å². The van der Waals surface area contributed by atoms with Gasteiger partial charge in [-0.2, -0.15) is 17.0 Å². The van der Waals surface area contributed by atoms with Crippen molar-refractivity contribution in [2.45, 2.75) is 26.4 Å². The lowest BCUT2D eigenvalue weighted by molar-refractivity contribution is 0.0731. The molecule has 17 heavy (non-hydrogen) atoms. The summed E-state index contributed by atoms with van der Waals surface area (Å²) in [4.78, 5) is 0. The third-order valence-electron chi connectivity index (χ3n) is 2.25. The molecule has 0 aliphatic heterocycles. The van der Waals surface area contributed by atoms with Gasteiger partial charge in [0.05, 0.1) is 12.7 Å². The SMILES string of the molecule is CC(C)OCCN(C)S(=O)(=O)N(C)CCCCl. The van der Waals surface area contributed by atoms with E-state index >= 15 is 0 Å². The Balaban J connectivity index is 4.19. The first-order valence-electron chi connectivity index (χ1n) is 5.67. The maximum absolute atomic E-state index is 12.0. The highest BCUT2D eigenvalue weighted by molar-refractivity contribution is 7.86. The molecule has 7 heteroatoms. The van der Waals surface area contributed by atoms with Gasteiger partial charge < -0.3 is 4.74 Å². The summed E-state index contributed by atoms with van der Waals surface area (Å²) in [7, 11) is -0.272. The highest BCUT2D eigenvalue weighted by Crippen LogP contribution is 2.05. The van der Waals surface area contributed by atoms with Gasteiger partial charge in [-0.25, -0.2) is 0 Å². The fourth-order valence-corrected chi connectivity index (χ4v) is 2.43. The summed E-state index contributed by atoms with van der Waals surface area (Å²) in [6.45, 7) is 5.02. The van der Waals surface area contributed by atoms with Gasteiger partial charge in [0.1, 0.15) is 0 Å². The molecule has 0 saturated carbocycles. The molecule has 0 amide bonds. The minimum atomic E-state index is -3.38. The summed E-state index contributed by atoms with van der Waals surface area (Å²) >= 11 is 5.54. The minimum absolute atomic E-state index is 0.111. The van der Waals surface area contributed by atoms with Crippen LogP contribution in [0.4, 0.5) is 0 Å². The quantitative estimate of drug-likeness (QED) is 0.598. The fraction of sp³-hybridized carbons (Fsp3) is 1.00. The summed E-state index contributed by atoms with van der Waals surface area (Å²) < 4.78 is 31.9. The molecule has 0 fully saturated rings. The van der Waals surface area contributed by atoms with E-state index in [1.807, 2.05) is 13.8 Å². The molecule has 104 valence electrons. The zero-order chi connectivity index (χ0) is 13.5. The first-order valence-corrected chi connectivity index (χ1v) is 7.60. The number of likely N-dealkylation sites (N-methyl/N-ethyl adjacent to an activating group) is 1. The average molecular weight is 287 g/mol. The van der Waals surface area contributed by atoms with Gasteiger partial charge in [-0.3, -0.25) is 0 Å². The van der Waals surface area contributed by atoms with E-state index in [0.29, 0.717) is 32.0 Å². The summed E-state index contributed by atoms with van der Waals surface area (Å²) in [5.74, 6) is 0.458. The molecular weight excluding hydrogens is 264 g/mol. The van der Waals surface area contributed by atoms with Gasteiger partial charge in [0.15, 0.2) is 0 Å². The largest absolute Gasteiger partial charge is 0.377 e. The normalized spacial score (nSPS) is 12.9. The van der Waals surface area contributed by atoms with Crippen LogP contribution in [0.25, 0.3) is 0 Å². The number of ether oxygens (including phenoxy) is 1. The Labute approximate surface area is 110 Å². The first kappa shape index (κ1) is 17.1. The van der Waals surface area contributed by atoms with Crippen molar-refractivity contribution in [3.63, 3.8) is 0 Å². The highest BCUT2D eigenvalue weighted by Gasteiger charge is 2.22. The molecule has 0 saturated heterocycles. The standard InChI is InChI=1S/C10H23ClN2O3S/c1-10(2)16-9-8-13(4)17(14,15)12(3)7-5-6-11/h10H,5-9H2,1-4H3. The molecule has 0 bridgehead atoms. The number of hydrogen-bond acceptors (Lipinski definition) is 3. The van der Waals surface area contributed by atoms with Crippen molar-refractivity contribution in [2.75, 3.05) is 39.7 Å². The molecule has 0 N–H and O–H groups in total. The second-order valence-electron chi connectivity index (χ2n) is 4.11. The van der Waals surface area contributed by atoms with Gasteiger partial charge in [0.25, 0.3) is 10.2 Å². The summed E-state index contributed by atoms with van der Waals surface area (Å²) in [5.41, 5.74) is 0. The molecule has 0 spiro atoms. The maximum atomic E-state index is 12.0. The molecule has 0 radical (unpaired) electrons. The molecular formula is C10H23ClN2O3S. The van der Waals surface area contributed by atoms with E-state index < -0.39 is 10.2 Å². The van der Waals surface area contributed by atoms with Crippen LogP contribution in [0, 0.1) is 0 Å². The molecule has 0 rings (SSSR count). The van der Waals surface area contributed by atoms with E-state index in [1.54, 1.807) is 14.1 Å². The van der Waals surface area contributed by atoms with E-state index in [2.05, 4.69) is 0 Å². The van der Waals surface area contributed by atoms with E-state index in [9.17, 15) is 8.42 Å². The minimum Gasteiger partial charge on any atom is -0.377 e. The zero-order valence-corrected chi connectivity index (χ0v) is 12.6. The van der Waals surface area contributed by atoms with Crippen molar-refractivity contribution < 1.29 is 13.2 Å². The number of alkyl halides is 1. The number of nitrogens with zero attached hydrogens (tertiary/aromatic N) is 2. The van der Waals surface area contributed by atoms with E-state index in [0.717, 1.165) is 0 Å². The molecule has 0 aromatic rings. The fourth-order valence-electron chi connectivity index (χ4n) is 1.17. The van der Waals surface area contributed by atoms with Crippen LogP contribution < -0.4 is 0 Å². The predicted octanol–water partition coefficient (Wildman–Crippen LogP) is 1.15. The molecule has 5 nitrogen and oxygen atoms in total. The van der Waals surface area contributed by atoms with E-state index in [-0.39, 0.29) is 6.10 Å². The lowest BCUT2D eigenvalue weighted by Gasteiger charge is -2.24. The Kier molecular flexibility index (Phi) is 8.32. The smallest absolute Gasteiger partial charge is 0.281 e. The summed E-state index contributed by atoms with van der Waals surface area (Å²) in [6, 6.07) is 0. The van der Waals surface area contributed by atoms with Crippen LogP contribution in [0.15, 0.2) is 0 Å². The molecule has 0 atom stereocenters. The lowest BCUT2D eigenvalue weighted by Crippen LogP contribution is -2.41. The Morgan fingerprint density at radius 3 is 2.18 bits per heavy atom. The third-order valence-corrected chi connectivity index (χ3v) is 4.46. The number of halogens is 1. The van der Waals surface area contributed by atoms with Crippen LogP contribution in [-0.4, -0.2) is 62.8 Å². The highest BCUT2D eigenvalue weighted by atomic mass is 35.5. The zero-order valence-electron chi connectivity index (χ0n) is 11.0. The van der Waals surface area contributed by atoms with Gasteiger partial charge in [0.2, 0.25) is 0 Å². The van der Waals surface area contributed by atoms with E-state index in [4.69, 9.17) is 16.3 Å². The van der Waals surface area contributed by atoms with Gasteiger partial charge in [-0.1, -0.05) is 0 Å². The number of hydrogen-bond donors (Lipinski definition) is 0. The molecule has 0 aliphatic carbocycles. The molecule has 0 aromatic carbocycles. The van der Waals surface area contributed by atoms with Crippen molar-refractivity contribution in [3.05, 3.63) is 0 Å². The summed E-state index contributed by atoms with van der Waals surface area (Å²) in [5, 5.41) is 0. The van der Waals surface area contributed by atoms with Crippen molar-refractivity contribution in [1.82, 2.24) is 8.61 Å². The van der Waals surface area contributed by atoms with Crippen LogP contribution in [0.3, 0.4) is 0 Å². The average Bonchev–Trinajstić information content (AvgIpc) is 2.24. The van der Waals surface area contributed by atoms with Crippen LogP contribution >= 0.6 is 11.6 Å². The topological polar surface area (TPSA) is 49.9 Å². The predicted molar refractivity (Wildman–Crippen MR) is 70.6 cm³/mol. The third kappa shape index (κ3) is 6.57. The van der Waals surface area contributed by atoms with E-state index in [1.165, 1.54) is 8.61 Å². The van der Waals surface area contributed by atoms with Crippen LogP contribution in [-0.2, 0) is 14.9 Å². The Morgan fingerprint density at radius 1 is 1.18 bits per heavy atom. The molecule has 0 aliphatic rings.